The smallest absolute Gasteiger partial charge is 0.0634 e. The fourth-order valence-corrected chi connectivity index (χ4v) is 2.32. The topological polar surface area (TPSA) is 3.24 Å². The highest BCUT2D eigenvalue weighted by Crippen LogP contribution is 2.10. The average Bonchev–Trinajstić information content (AvgIpc) is 1.62. The van der Waals surface area contributed by atoms with Crippen molar-refractivity contribution in [1.29, 1.82) is 0 Å². The molecule has 0 aliphatic rings. The van der Waals surface area contributed by atoms with Crippen LogP contribution in [0.5, 0.6) is 0 Å². The van der Waals surface area contributed by atoms with Crippen LogP contribution < -0.4 is 0 Å². The van der Waals surface area contributed by atoms with E-state index in [1.807, 2.05) is 0 Å². The molecular formula is C7H19NSi. The summed E-state index contributed by atoms with van der Waals surface area (Å²) >= 11 is 0. The second-order valence-electron chi connectivity index (χ2n) is 4.01. The van der Waals surface area contributed by atoms with Gasteiger partial charge in [0, 0.05) is 0 Å². The summed E-state index contributed by atoms with van der Waals surface area (Å²) in [6.07, 6.45) is 0. The van der Waals surface area contributed by atoms with Gasteiger partial charge in [-0.1, -0.05) is 26.6 Å². The molecule has 0 bridgehead atoms. The first-order chi connectivity index (χ1) is 3.85. The molecule has 9 heavy (non-hydrogen) atoms. The number of hydrogen-bond acceptors (Lipinski definition) is 1. The van der Waals surface area contributed by atoms with Gasteiger partial charge in [-0.25, -0.2) is 0 Å². The van der Waals surface area contributed by atoms with Gasteiger partial charge in [-0.15, -0.1) is 0 Å². The molecule has 0 N–H and O–H groups in total. The minimum Gasteiger partial charge on any atom is -0.309 e. The lowest BCUT2D eigenvalue weighted by molar-refractivity contribution is 0.383. The van der Waals surface area contributed by atoms with Crippen LogP contribution in [0.3, 0.4) is 0 Å². The Kier molecular flexibility index (Phi) is 2.90. The van der Waals surface area contributed by atoms with Gasteiger partial charge in [0.2, 0.25) is 0 Å². The summed E-state index contributed by atoms with van der Waals surface area (Å²) in [5.74, 6) is 0. The van der Waals surface area contributed by atoms with Crippen LogP contribution in [0.4, 0.5) is 0 Å². The number of rotatable bonds is 2. The van der Waals surface area contributed by atoms with E-state index in [9.17, 15) is 0 Å². The molecule has 0 amide bonds. The summed E-state index contributed by atoms with van der Waals surface area (Å²) < 4.78 is 0. The van der Waals surface area contributed by atoms with Crippen LogP contribution in [0.25, 0.3) is 0 Å². The Balaban J connectivity index is 3.88. The van der Waals surface area contributed by atoms with Crippen LogP contribution in [0.2, 0.25) is 19.6 Å². The lowest BCUT2D eigenvalue weighted by atomic mass is 10.7. The predicted molar refractivity (Wildman–Crippen MR) is 46.5 cm³/mol. The third-order valence-electron chi connectivity index (χ3n) is 2.03. The van der Waals surface area contributed by atoms with Crippen LogP contribution in [0.15, 0.2) is 0 Å². The van der Waals surface area contributed by atoms with Crippen molar-refractivity contribution >= 4 is 8.07 Å². The first-order valence-electron chi connectivity index (χ1n) is 3.52. The zero-order chi connectivity index (χ0) is 7.65. The van der Waals surface area contributed by atoms with E-state index < -0.39 is 8.07 Å². The van der Waals surface area contributed by atoms with Crippen molar-refractivity contribution in [2.24, 2.45) is 0 Å². The van der Waals surface area contributed by atoms with Crippen LogP contribution in [-0.4, -0.2) is 32.7 Å². The standard InChI is InChI=1S/C7H19NSi/c1-7(8(2)3)9(4,5)6/h7H,1-6H3. The lowest BCUT2D eigenvalue weighted by Gasteiger charge is -2.30. The SMILES string of the molecule is CC(N(C)C)[Si](C)(C)C. The number of hydrogen-bond donors (Lipinski definition) is 0. The largest absolute Gasteiger partial charge is 0.309 e. The molecule has 1 unspecified atom stereocenters. The molecule has 0 aliphatic heterocycles. The molecule has 0 radical (unpaired) electrons. The second-order valence-corrected chi connectivity index (χ2v) is 9.57. The zero-order valence-electron chi connectivity index (χ0n) is 7.52. The van der Waals surface area contributed by atoms with Crippen molar-refractivity contribution in [2.45, 2.75) is 32.2 Å². The molecule has 1 nitrogen and oxygen atoms in total. The normalized spacial score (nSPS) is 16.3. The first kappa shape index (κ1) is 9.18. The highest BCUT2D eigenvalue weighted by molar-refractivity contribution is 6.77. The van der Waals surface area contributed by atoms with Crippen LogP contribution in [-0.2, 0) is 0 Å². The molecule has 0 spiro atoms. The zero-order valence-corrected chi connectivity index (χ0v) is 8.52. The van der Waals surface area contributed by atoms with E-state index in [1.165, 1.54) is 0 Å². The van der Waals surface area contributed by atoms with E-state index >= 15 is 0 Å². The Morgan fingerprint density at radius 3 is 1.44 bits per heavy atom. The van der Waals surface area contributed by atoms with Gasteiger partial charge in [-0.2, -0.15) is 0 Å². The Morgan fingerprint density at radius 1 is 1.11 bits per heavy atom. The Hall–Kier alpha value is 0.177. The highest BCUT2D eigenvalue weighted by atomic mass is 28.3. The molecule has 0 aromatic carbocycles. The van der Waals surface area contributed by atoms with Crippen molar-refractivity contribution in [1.82, 2.24) is 4.90 Å². The minimum atomic E-state index is -0.898. The maximum absolute atomic E-state index is 2.40. The van der Waals surface area contributed by atoms with Crippen LogP contribution >= 0.6 is 0 Å². The molecule has 0 aromatic rings. The van der Waals surface area contributed by atoms with Gasteiger partial charge < -0.3 is 4.90 Å². The third kappa shape index (κ3) is 3.01. The van der Waals surface area contributed by atoms with Gasteiger partial charge in [-0.05, 0) is 19.8 Å². The van der Waals surface area contributed by atoms with Gasteiger partial charge in [0.05, 0.1) is 8.07 Å². The van der Waals surface area contributed by atoms with Crippen LogP contribution in [0, 0.1) is 0 Å². The van der Waals surface area contributed by atoms with Gasteiger partial charge in [-0.3, -0.25) is 0 Å². The molecule has 0 aromatic heterocycles. The Bertz CT molecular complexity index is 83.4. The number of nitrogens with zero attached hydrogens (tertiary/aromatic N) is 1. The molecule has 0 aliphatic carbocycles. The molecular weight excluding hydrogens is 126 g/mol. The van der Waals surface area contributed by atoms with Crippen molar-refractivity contribution in [3.05, 3.63) is 0 Å². The quantitative estimate of drug-likeness (QED) is 0.536. The van der Waals surface area contributed by atoms with Crippen molar-refractivity contribution in [3.8, 4) is 0 Å². The maximum atomic E-state index is 2.40. The van der Waals surface area contributed by atoms with Crippen molar-refractivity contribution in [3.63, 3.8) is 0 Å². The van der Waals surface area contributed by atoms with E-state index in [-0.39, 0.29) is 0 Å². The molecule has 0 heterocycles. The fourth-order valence-electron chi connectivity index (χ4n) is 0.775. The summed E-state index contributed by atoms with van der Waals surface area (Å²) in [5.41, 5.74) is 0.789. The summed E-state index contributed by atoms with van der Waals surface area (Å²) in [7, 11) is 3.41. The highest BCUT2D eigenvalue weighted by Gasteiger charge is 2.23. The molecule has 2 heteroatoms. The van der Waals surface area contributed by atoms with E-state index in [1.54, 1.807) is 0 Å². The van der Waals surface area contributed by atoms with E-state index in [0.717, 1.165) is 5.67 Å². The summed E-state index contributed by atoms with van der Waals surface area (Å²) in [5, 5.41) is 0. The third-order valence-corrected chi connectivity index (χ3v) is 5.05. The average molecular weight is 145 g/mol. The van der Waals surface area contributed by atoms with Gasteiger partial charge >= 0.3 is 0 Å². The van der Waals surface area contributed by atoms with Crippen LogP contribution in [0.1, 0.15) is 6.92 Å². The minimum absolute atomic E-state index is 0.789. The fraction of sp³-hybridized carbons (Fsp3) is 1.00. The van der Waals surface area contributed by atoms with Crippen molar-refractivity contribution < 1.29 is 0 Å². The van der Waals surface area contributed by atoms with Gasteiger partial charge in [0.1, 0.15) is 0 Å². The lowest BCUT2D eigenvalue weighted by Crippen LogP contribution is -2.45. The van der Waals surface area contributed by atoms with Crippen molar-refractivity contribution in [2.75, 3.05) is 14.1 Å². The van der Waals surface area contributed by atoms with Gasteiger partial charge in [0.25, 0.3) is 0 Å². The second kappa shape index (κ2) is 2.84. The van der Waals surface area contributed by atoms with Gasteiger partial charge in [0.15, 0.2) is 0 Å². The summed E-state index contributed by atoms with van der Waals surface area (Å²) in [4.78, 5) is 2.31. The van der Waals surface area contributed by atoms with E-state index in [0.29, 0.717) is 0 Å². The molecule has 0 rings (SSSR count). The molecule has 0 saturated carbocycles. The molecule has 0 saturated heterocycles. The van der Waals surface area contributed by atoms with E-state index in [2.05, 4.69) is 45.6 Å². The predicted octanol–water partition coefficient (Wildman–Crippen LogP) is 1.81. The van der Waals surface area contributed by atoms with E-state index in [4.69, 9.17) is 0 Å². The monoisotopic (exact) mass is 145 g/mol. The first-order valence-corrected chi connectivity index (χ1v) is 7.10. The molecule has 1 atom stereocenters. The molecule has 0 fully saturated rings. The summed E-state index contributed by atoms with van der Waals surface area (Å²) in [6.45, 7) is 9.51. The Morgan fingerprint density at radius 2 is 1.44 bits per heavy atom. The Labute approximate surface area is 60.1 Å². The molecule has 56 valence electrons. The summed E-state index contributed by atoms with van der Waals surface area (Å²) in [6, 6.07) is 0. The maximum Gasteiger partial charge on any atom is 0.0634 e.